The molecular weight excluding hydrogens is 312 g/mol. The summed E-state index contributed by atoms with van der Waals surface area (Å²) in [5.41, 5.74) is 2.17. The van der Waals surface area contributed by atoms with Gasteiger partial charge in [-0.05, 0) is 44.2 Å². The first-order chi connectivity index (χ1) is 10.9. The van der Waals surface area contributed by atoms with Crippen LogP contribution in [0.3, 0.4) is 0 Å². The van der Waals surface area contributed by atoms with E-state index in [9.17, 15) is 13.2 Å². The molecule has 1 fully saturated rings. The van der Waals surface area contributed by atoms with Crippen molar-refractivity contribution in [2.75, 3.05) is 12.3 Å². The first kappa shape index (κ1) is 17.9. The fourth-order valence-corrected chi connectivity index (χ4v) is 4.92. The average molecular weight is 338 g/mol. The molecule has 6 heteroatoms. The number of carbonyl (C=O) groups excluding carboxylic acids is 1. The van der Waals surface area contributed by atoms with E-state index in [-0.39, 0.29) is 17.7 Å². The van der Waals surface area contributed by atoms with E-state index in [4.69, 9.17) is 0 Å². The van der Waals surface area contributed by atoms with E-state index in [0.717, 1.165) is 17.5 Å². The molecule has 2 rings (SSSR count). The lowest BCUT2D eigenvalue weighted by Crippen LogP contribution is -2.47. The number of aryl methyl sites for hydroxylation is 1. The van der Waals surface area contributed by atoms with Crippen LogP contribution >= 0.6 is 0 Å². The van der Waals surface area contributed by atoms with Gasteiger partial charge < -0.3 is 5.32 Å². The van der Waals surface area contributed by atoms with Crippen LogP contribution in [0.2, 0.25) is 0 Å². The van der Waals surface area contributed by atoms with Crippen LogP contribution in [0.5, 0.6) is 0 Å². The molecule has 1 aliphatic heterocycles. The first-order valence-electron chi connectivity index (χ1n) is 8.22. The summed E-state index contributed by atoms with van der Waals surface area (Å²) in [5.74, 6) is -0.0950. The van der Waals surface area contributed by atoms with Gasteiger partial charge in [0.15, 0.2) is 0 Å². The standard InChI is InChI=1S/C17H26N2O3S/c1-4-12-23(21,22)19-11-7-10-16(19)17(20)18-14(3)15-9-6-5-8-13(15)2/h5-6,8-9,14,16H,4,7,10-12H2,1-3H3,(H,18,20). The SMILES string of the molecule is CCCS(=O)(=O)N1CCCC1C(=O)NC(C)c1ccccc1C. The maximum atomic E-state index is 12.6. The van der Waals surface area contributed by atoms with Gasteiger partial charge in [0.1, 0.15) is 6.04 Å². The summed E-state index contributed by atoms with van der Waals surface area (Å²) in [6, 6.07) is 7.19. The van der Waals surface area contributed by atoms with Crippen LogP contribution in [-0.2, 0) is 14.8 Å². The van der Waals surface area contributed by atoms with Crippen LogP contribution in [-0.4, -0.2) is 37.0 Å². The fraction of sp³-hybridized carbons (Fsp3) is 0.588. The molecule has 1 aliphatic rings. The summed E-state index contributed by atoms with van der Waals surface area (Å²) in [6.07, 6.45) is 1.89. The molecule has 1 aromatic rings. The zero-order chi connectivity index (χ0) is 17.0. The van der Waals surface area contributed by atoms with Crippen molar-refractivity contribution < 1.29 is 13.2 Å². The number of nitrogens with one attached hydrogen (secondary N) is 1. The molecule has 0 spiro atoms. The van der Waals surface area contributed by atoms with Crippen LogP contribution in [0.15, 0.2) is 24.3 Å². The Morgan fingerprint density at radius 2 is 2.09 bits per heavy atom. The minimum absolute atomic E-state index is 0.101. The molecule has 5 nitrogen and oxygen atoms in total. The Morgan fingerprint density at radius 3 is 2.74 bits per heavy atom. The van der Waals surface area contributed by atoms with Gasteiger partial charge in [-0.25, -0.2) is 8.42 Å². The largest absolute Gasteiger partial charge is 0.348 e. The average Bonchev–Trinajstić information content (AvgIpc) is 2.98. The summed E-state index contributed by atoms with van der Waals surface area (Å²) in [4.78, 5) is 12.6. The van der Waals surface area contributed by atoms with Crippen molar-refractivity contribution in [3.63, 3.8) is 0 Å². The normalized spacial score (nSPS) is 20.4. The number of sulfonamides is 1. The molecule has 23 heavy (non-hydrogen) atoms. The second-order valence-corrected chi connectivity index (χ2v) is 8.21. The van der Waals surface area contributed by atoms with E-state index in [1.807, 2.05) is 45.0 Å². The highest BCUT2D eigenvalue weighted by Gasteiger charge is 2.38. The van der Waals surface area contributed by atoms with Crippen LogP contribution in [0.25, 0.3) is 0 Å². The topological polar surface area (TPSA) is 66.5 Å². The molecule has 1 N–H and O–H groups in total. The molecule has 2 unspecified atom stereocenters. The van der Waals surface area contributed by atoms with Gasteiger partial charge in [0, 0.05) is 6.54 Å². The van der Waals surface area contributed by atoms with Crippen molar-refractivity contribution >= 4 is 15.9 Å². The Labute approximate surface area is 139 Å². The van der Waals surface area contributed by atoms with Gasteiger partial charge in [-0.2, -0.15) is 4.31 Å². The fourth-order valence-electron chi connectivity index (χ4n) is 3.17. The Morgan fingerprint density at radius 1 is 1.39 bits per heavy atom. The number of hydrogen-bond donors (Lipinski definition) is 1. The number of rotatable bonds is 6. The molecule has 128 valence electrons. The summed E-state index contributed by atoms with van der Waals surface area (Å²) < 4.78 is 26.0. The summed E-state index contributed by atoms with van der Waals surface area (Å²) in [7, 11) is -3.34. The summed E-state index contributed by atoms with van der Waals surface area (Å²) in [5, 5.41) is 2.98. The second-order valence-electron chi connectivity index (χ2n) is 6.17. The molecule has 1 heterocycles. The molecule has 2 atom stereocenters. The Bertz CT molecular complexity index is 658. The van der Waals surface area contributed by atoms with Crippen molar-refractivity contribution in [3.8, 4) is 0 Å². The predicted molar refractivity (Wildman–Crippen MR) is 91.5 cm³/mol. The Hall–Kier alpha value is -1.40. The number of hydrogen-bond acceptors (Lipinski definition) is 3. The lowest BCUT2D eigenvalue weighted by atomic mass is 10.0. The smallest absolute Gasteiger partial charge is 0.238 e. The molecule has 0 aromatic heterocycles. The zero-order valence-corrected chi connectivity index (χ0v) is 14.9. The summed E-state index contributed by atoms with van der Waals surface area (Å²) in [6.45, 7) is 6.22. The molecular formula is C17H26N2O3S. The van der Waals surface area contributed by atoms with Crippen molar-refractivity contribution in [1.29, 1.82) is 0 Å². The first-order valence-corrected chi connectivity index (χ1v) is 9.83. The van der Waals surface area contributed by atoms with Gasteiger partial charge in [-0.1, -0.05) is 31.2 Å². The number of amides is 1. The van der Waals surface area contributed by atoms with E-state index in [1.54, 1.807) is 0 Å². The lowest BCUT2D eigenvalue weighted by molar-refractivity contribution is -0.124. The summed E-state index contributed by atoms with van der Waals surface area (Å²) >= 11 is 0. The van der Waals surface area contributed by atoms with E-state index in [1.165, 1.54) is 4.31 Å². The molecule has 1 saturated heterocycles. The third kappa shape index (κ3) is 4.12. The Kier molecular flexibility index (Phi) is 5.81. The molecule has 0 bridgehead atoms. The molecule has 0 saturated carbocycles. The minimum Gasteiger partial charge on any atom is -0.348 e. The quantitative estimate of drug-likeness (QED) is 0.866. The van der Waals surface area contributed by atoms with Gasteiger partial charge in [-0.15, -0.1) is 0 Å². The van der Waals surface area contributed by atoms with Crippen LogP contribution in [0, 0.1) is 6.92 Å². The third-order valence-corrected chi connectivity index (χ3v) is 6.42. The zero-order valence-electron chi connectivity index (χ0n) is 14.1. The van der Waals surface area contributed by atoms with E-state index in [2.05, 4.69) is 5.32 Å². The van der Waals surface area contributed by atoms with Crippen molar-refractivity contribution in [1.82, 2.24) is 9.62 Å². The van der Waals surface area contributed by atoms with Crippen molar-refractivity contribution in [2.24, 2.45) is 0 Å². The van der Waals surface area contributed by atoms with Crippen molar-refractivity contribution in [3.05, 3.63) is 35.4 Å². The maximum Gasteiger partial charge on any atom is 0.238 e. The highest BCUT2D eigenvalue weighted by atomic mass is 32.2. The van der Waals surface area contributed by atoms with Crippen LogP contribution in [0.4, 0.5) is 0 Å². The van der Waals surface area contributed by atoms with E-state index >= 15 is 0 Å². The van der Waals surface area contributed by atoms with E-state index in [0.29, 0.717) is 19.4 Å². The van der Waals surface area contributed by atoms with E-state index < -0.39 is 16.1 Å². The van der Waals surface area contributed by atoms with Crippen LogP contribution < -0.4 is 5.32 Å². The Balaban J connectivity index is 2.09. The number of carbonyl (C=O) groups is 1. The molecule has 0 aliphatic carbocycles. The predicted octanol–water partition coefficient (Wildman–Crippen LogP) is 2.38. The third-order valence-electron chi connectivity index (χ3n) is 4.34. The second kappa shape index (κ2) is 7.45. The number of benzene rings is 1. The monoisotopic (exact) mass is 338 g/mol. The maximum absolute atomic E-state index is 12.6. The number of nitrogens with zero attached hydrogens (tertiary/aromatic N) is 1. The van der Waals surface area contributed by atoms with Gasteiger partial charge in [0.25, 0.3) is 0 Å². The minimum atomic E-state index is -3.34. The molecule has 0 radical (unpaired) electrons. The van der Waals surface area contributed by atoms with Crippen LogP contribution in [0.1, 0.15) is 50.3 Å². The molecule has 1 amide bonds. The molecule has 1 aromatic carbocycles. The van der Waals surface area contributed by atoms with Gasteiger partial charge >= 0.3 is 0 Å². The highest BCUT2D eigenvalue weighted by Crippen LogP contribution is 2.24. The van der Waals surface area contributed by atoms with Gasteiger partial charge in [0.2, 0.25) is 15.9 Å². The van der Waals surface area contributed by atoms with Crippen molar-refractivity contribution in [2.45, 2.75) is 52.1 Å². The van der Waals surface area contributed by atoms with Gasteiger partial charge in [0.05, 0.1) is 11.8 Å². The van der Waals surface area contributed by atoms with Gasteiger partial charge in [-0.3, -0.25) is 4.79 Å². The lowest BCUT2D eigenvalue weighted by Gasteiger charge is -2.25. The highest BCUT2D eigenvalue weighted by molar-refractivity contribution is 7.89.